The number of nitrogens with zero attached hydrogens (tertiary/aromatic N) is 1. The molecule has 1 aromatic rings. The SMILES string of the molecule is CC[C@H]1C2Cc3ccc(O)cc3[C@]1(CC)CCN2C. The number of aromatic hydroxyl groups is 1. The van der Waals surface area contributed by atoms with E-state index in [1.807, 2.05) is 12.1 Å². The molecule has 0 spiro atoms. The van der Waals surface area contributed by atoms with Gasteiger partial charge in [-0.2, -0.15) is 0 Å². The second-order valence-corrected chi connectivity index (χ2v) is 6.37. The molecule has 1 aliphatic heterocycles. The summed E-state index contributed by atoms with van der Waals surface area (Å²) in [6.45, 7) is 5.84. The van der Waals surface area contributed by atoms with Crippen LogP contribution >= 0.6 is 0 Å². The zero-order valence-corrected chi connectivity index (χ0v) is 12.3. The summed E-state index contributed by atoms with van der Waals surface area (Å²) < 4.78 is 0. The number of rotatable bonds is 2. The minimum Gasteiger partial charge on any atom is -0.508 e. The van der Waals surface area contributed by atoms with Gasteiger partial charge in [-0.15, -0.1) is 0 Å². The molecule has 1 saturated heterocycles. The lowest BCUT2D eigenvalue weighted by Gasteiger charge is -2.56. The zero-order chi connectivity index (χ0) is 13.6. The molecule has 3 rings (SSSR count). The Morgan fingerprint density at radius 1 is 1.37 bits per heavy atom. The van der Waals surface area contributed by atoms with Crippen molar-refractivity contribution in [2.24, 2.45) is 5.92 Å². The van der Waals surface area contributed by atoms with Gasteiger partial charge in [0.1, 0.15) is 5.75 Å². The van der Waals surface area contributed by atoms with Crippen LogP contribution < -0.4 is 0 Å². The van der Waals surface area contributed by atoms with Crippen molar-refractivity contribution in [1.29, 1.82) is 0 Å². The number of benzene rings is 1. The van der Waals surface area contributed by atoms with Gasteiger partial charge in [-0.25, -0.2) is 0 Å². The monoisotopic (exact) mass is 259 g/mol. The number of piperidine rings is 1. The topological polar surface area (TPSA) is 23.5 Å². The maximum Gasteiger partial charge on any atom is 0.115 e. The highest BCUT2D eigenvalue weighted by Gasteiger charge is 2.50. The minimum atomic E-state index is 0.290. The lowest BCUT2D eigenvalue weighted by Crippen LogP contribution is -2.58. The van der Waals surface area contributed by atoms with Crippen molar-refractivity contribution in [1.82, 2.24) is 4.90 Å². The third-order valence-electron chi connectivity index (χ3n) is 5.78. The number of phenols is 1. The lowest BCUT2D eigenvalue weighted by atomic mass is 9.55. The van der Waals surface area contributed by atoms with E-state index in [4.69, 9.17) is 0 Å². The molecule has 104 valence electrons. The molecule has 0 radical (unpaired) electrons. The lowest BCUT2D eigenvalue weighted by molar-refractivity contribution is 0.0257. The van der Waals surface area contributed by atoms with Gasteiger partial charge in [0.15, 0.2) is 0 Å². The average Bonchev–Trinajstić information content (AvgIpc) is 2.42. The van der Waals surface area contributed by atoms with Gasteiger partial charge < -0.3 is 10.0 Å². The van der Waals surface area contributed by atoms with E-state index >= 15 is 0 Å². The molecule has 1 aliphatic carbocycles. The Labute approximate surface area is 116 Å². The fraction of sp³-hybridized carbons (Fsp3) is 0.647. The highest BCUT2D eigenvalue weighted by Crippen LogP contribution is 2.52. The van der Waals surface area contributed by atoms with Gasteiger partial charge in [0, 0.05) is 11.5 Å². The van der Waals surface area contributed by atoms with Crippen LogP contribution in [0.1, 0.15) is 44.2 Å². The van der Waals surface area contributed by atoms with Gasteiger partial charge in [-0.1, -0.05) is 26.3 Å². The maximum absolute atomic E-state index is 9.90. The molecule has 2 bridgehead atoms. The van der Waals surface area contributed by atoms with Gasteiger partial charge in [-0.3, -0.25) is 0 Å². The second-order valence-electron chi connectivity index (χ2n) is 6.37. The van der Waals surface area contributed by atoms with Crippen LogP contribution in [0.25, 0.3) is 0 Å². The van der Waals surface area contributed by atoms with Crippen LogP contribution in [0.2, 0.25) is 0 Å². The van der Waals surface area contributed by atoms with E-state index in [0.717, 1.165) is 12.3 Å². The van der Waals surface area contributed by atoms with Crippen LogP contribution in [0.5, 0.6) is 5.75 Å². The highest BCUT2D eigenvalue weighted by molar-refractivity contribution is 5.44. The molecule has 1 aromatic carbocycles. The maximum atomic E-state index is 9.90. The van der Waals surface area contributed by atoms with E-state index in [2.05, 4.69) is 31.9 Å². The Bertz CT molecular complexity index is 484. The largest absolute Gasteiger partial charge is 0.508 e. The number of phenolic OH excluding ortho intramolecular Hbond substituents is 1. The fourth-order valence-corrected chi connectivity index (χ4v) is 4.76. The molecule has 1 unspecified atom stereocenters. The van der Waals surface area contributed by atoms with Crippen molar-refractivity contribution < 1.29 is 5.11 Å². The molecule has 0 saturated carbocycles. The van der Waals surface area contributed by atoms with Crippen LogP contribution in [0.15, 0.2) is 18.2 Å². The molecular weight excluding hydrogens is 234 g/mol. The molecule has 0 amide bonds. The van der Waals surface area contributed by atoms with E-state index < -0.39 is 0 Å². The van der Waals surface area contributed by atoms with E-state index in [0.29, 0.717) is 11.8 Å². The first-order valence-corrected chi connectivity index (χ1v) is 7.65. The number of likely N-dealkylation sites (N-methyl/N-ethyl adjacent to an activating group) is 1. The molecule has 2 nitrogen and oxygen atoms in total. The van der Waals surface area contributed by atoms with E-state index in [-0.39, 0.29) is 5.41 Å². The summed E-state index contributed by atoms with van der Waals surface area (Å²) in [6.07, 6.45) is 4.79. The van der Waals surface area contributed by atoms with Crippen molar-refractivity contribution >= 4 is 0 Å². The van der Waals surface area contributed by atoms with Crippen molar-refractivity contribution in [3.05, 3.63) is 29.3 Å². The van der Waals surface area contributed by atoms with Crippen molar-refractivity contribution in [2.75, 3.05) is 13.6 Å². The van der Waals surface area contributed by atoms with Crippen molar-refractivity contribution in [2.45, 2.75) is 51.0 Å². The summed E-state index contributed by atoms with van der Waals surface area (Å²) in [5.41, 5.74) is 3.19. The van der Waals surface area contributed by atoms with Crippen molar-refractivity contribution in [3.8, 4) is 5.75 Å². The normalized spacial score (nSPS) is 34.1. The smallest absolute Gasteiger partial charge is 0.115 e. The summed E-state index contributed by atoms with van der Waals surface area (Å²) in [4.78, 5) is 2.55. The Hall–Kier alpha value is -1.02. The molecule has 2 aliphatic rings. The number of fused-ring (bicyclic) bond motifs is 4. The summed E-state index contributed by atoms with van der Waals surface area (Å²) >= 11 is 0. The molecule has 2 heteroatoms. The molecular formula is C17H25NO. The molecule has 0 aromatic heterocycles. The zero-order valence-electron chi connectivity index (χ0n) is 12.3. The molecule has 1 N–H and O–H groups in total. The average molecular weight is 259 g/mol. The van der Waals surface area contributed by atoms with E-state index in [1.54, 1.807) is 0 Å². The van der Waals surface area contributed by atoms with Gasteiger partial charge in [-0.05, 0) is 62.0 Å². The molecule has 3 atom stereocenters. The second kappa shape index (κ2) is 4.52. The van der Waals surface area contributed by atoms with Gasteiger partial charge in [0.05, 0.1) is 0 Å². The minimum absolute atomic E-state index is 0.290. The quantitative estimate of drug-likeness (QED) is 0.880. The third-order valence-corrected chi connectivity index (χ3v) is 5.78. The highest BCUT2D eigenvalue weighted by atomic mass is 16.3. The first kappa shape index (κ1) is 13.0. The van der Waals surface area contributed by atoms with Crippen LogP contribution in [0, 0.1) is 5.92 Å². The predicted octanol–water partition coefficient (Wildman–Crippen LogP) is 3.33. The Morgan fingerprint density at radius 2 is 2.16 bits per heavy atom. The third kappa shape index (κ3) is 1.73. The number of hydrogen-bond acceptors (Lipinski definition) is 2. The van der Waals surface area contributed by atoms with Crippen LogP contribution in [0.4, 0.5) is 0 Å². The summed E-state index contributed by atoms with van der Waals surface area (Å²) in [7, 11) is 2.28. The fourth-order valence-electron chi connectivity index (χ4n) is 4.76. The van der Waals surface area contributed by atoms with Gasteiger partial charge in [0.2, 0.25) is 0 Å². The molecule has 1 fully saturated rings. The summed E-state index contributed by atoms with van der Waals surface area (Å²) in [6, 6.07) is 6.72. The predicted molar refractivity (Wildman–Crippen MR) is 78.6 cm³/mol. The molecule has 19 heavy (non-hydrogen) atoms. The summed E-state index contributed by atoms with van der Waals surface area (Å²) in [5.74, 6) is 1.16. The van der Waals surface area contributed by atoms with Crippen LogP contribution in [-0.4, -0.2) is 29.6 Å². The Morgan fingerprint density at radius 3 is 2.84 bits per heavy atom. The van der Waals surface area contributed by atoms with E-state index in [9.17, 15) is 5.11 Å². The Balaban J connectivity index is 2.18. The van der Waals surface area contributed by atoms with E-state index in [1.165, 1.54) is 36.9 Å². The standard InChI is InChI=1S/C17H25NO/c1-4-14-16-10-12-6-7-13(19)11-15(12)17(14,5-2)8-9-18(16)3/h6-7,11,14,16,19H,4-5,8-10H2,1-3H3/t14-,16?,17+/m0/s1. The number of likely N-dealkylation sites (tertiary alicyclic amines) is 1. The van der Waals surface area contributed by atoms with Crippen LogP contribution in [-0.2, 0) is 11.8 Å². The van der Waals surface area contributed by atoms with Crippen molar-refractivity contribution in [3.63, 3.8) is 0 Å². The first-order valence-electron chi connectivity index (χ1n) is 7.65. The van der Waals surface area contributed by atoms with Gasteiger partial charge >= 0.3 is 0 Å². The van der Waals surface area contributed by atoms with Gasteiger partial charge in [0.25, 0.3) is 0 Å². The first-order chi connectivity index (χ1) is 9.12. The van der Waals surface area contributed by atoms with Crippen LogP contribution in [0.3, 0.4) is 0 Å². The number of hydrogen-bond donors (Lipinski definition) is 1. The Kier molecular flexibility index (Phi) is 3.09. The summed E-state index contributed by atoms with van der Waals surface area (Å²) in [5, 5.41) is 9.90. The molecule has 1 heterocycles.